The topological polar surface area (TPSA) is 75.8 Å². The third-order valence-electron chi connectivity index (χ3n) is 2.91. The number of hydrogen-bond acceptors (Lipinski definition) is 4. The van der Waals surface area contributed by atoms with E-state index >= 15 is 0 Å². The molecule has 2 unspecified atom stereocenters. The summed E-state index contributed by atoms with van der Waals surface area (Å²) in [6.07, 6.45) is 2.25. The molecule has 3 N–H and O–H groups in total. The molecule has 0 aromatic heterocycles. The van der Waals surface area contributed by atoms with Crippen LogP contribution in [0.4, 0.5) is 0 Å². The number of nitrogens with zero attached hydrogens (tertiary/aromatic N) is 1. The Hall–Kier alpha value is -0.650. The first-order chi connectivity index (χ1) is 7.42. The van der Waals surface area contributed by atoms with Gasteiger partial charge in [0, 0.05) is 19.7 Å². The third-order valence-corrected chi connectivity index (χ3v) is 2.91. The van der Waals surface area contributed by atoms with Crippen LogP contribution in [0.15, 0.2) is 0 Å². The lowest BCUT2D eigenvalue weighted by atomic mass is 9.99. The van der Waals surface area contributed by atoms with E-state index in [1.807, 2.05) is 11.9 Å². The van der Waals surface area contributed by atoms with Crippen molar-refractivity contribution < 1.29 is 14.6 Å². The van der Waals surface area contributed by atoms with E-state index in [4.69, 9.17) is 15.6 Å². The second-order valence-electron chi connectivity index (χ2n) is 5.00. The number of carbonyl (C=O) groups is 1. The average molecular weight is 230 g/mol. The minimum absolute atomic E-state index is 0.360. The van der Waals surface area contributed by atoms with E-state index in [1.54, 1.807) is 6.92 Å². The van der Waals surface area contributed by atoms with Gasteiger partial charge in [-0.15, -0.1) is 0 Å². The van der Waals surface area contributed by atoms with E-state index in [1.165, 1.54) is 0 Å². The van der Waals surface area contributed by atoms with Gasteiger partial charge in [-0.1, -0.05) is 0 Å². The predicted molar refractivity (Wildman–Crippen MR) is 61.3 cm³/mol. The van der Waals surface area contributed by atoms with Gasteiger partial charge in [0.05, 0.1) is 6.61 Å². The Kier molecular flexibility index (Phi) is 4.70. The second kappa shape index (κ2) is 5.61. The molecule has 2 atom stereocenters. The van der Waals surface area contributed by atoms with E-state index in [0.717, 1.165) is 32.6 Å². The number of ether oxygens (including phenoxy) is 1. The van der Waals surface area contributed by atoms with Crippen molar-refractivity contribution in [2.24, 2.45) is 11.7 Å². The molecule has 0 saturated carbocycles. The monoisotopic (exact) mass is 230 g/mol. The molecule has 16 heavy (non-hydrogen) atoms. The van der Waals surface area contributed by atoms with Gasteiger partial charge >= 0.3 is 5.97 Å². The Labute approximate surface area is 96.6 Å². The fourth-order valence-electron chi connectivity index (χ4n) is 2.09. The van der Waals surface area contributed by atoms with Gasteiger partial charge in [-0.2, -0.15) is 0 Å². The molecule has 0 aromatic carbocycles. The fourth-order valence-corrected chi connectivity index (χ4v) is 2.09. The molecule has 0 amide bonds. The number of hydrogen-bond donors (Lipinski definition) is 2. The van der Waals surface area contributed by atoms with Crippen LogP contribution >= 0.6 is 0 Å². The van der Waals surface area contributed by atoms with Gasteiger partial charge in [0.25, 0.3) is 0 Å². The average Bonchev–Trinajstić information content (AvgIpc) is 2.17. The smallest absolute Gasteiger partial charge is 0.324 e. The van der Waals surface area contributed by atoms with Crippen molar-refractivity contribution in [1.82, 2.24) is 4.90 Å². The first-order valence-electron chi connectivity index (χ1n) is 5.70. The van der Waals surface area contributed by atoms with Crippen LogP contribution < -0.4 is 5.73 Å². The molecule has 1 saturated heterocycles. The highest BCUT2D eigenvalue weighted by Crippen LogP contribution is 2.15. The minimum atomic E-state index is -1.18. The minimum Gasteiger partial charge on any atom is -0.480 e. The molecule has 0 radical (unpaired) electrons. The molecular formula is C11H22N2O3. The number of carboxylic acid groups (broad SMARTS) is 1. The van der Waals surface area contributed by atoms with Crippen LogP contribution in [-0.4, -0.2) is 54.9 Å². The van der Waals surface area contributed by atoms with Crippen LogP contribution in [0, 0.1) is 5.92 Å². The van der Waals surface area contributed by atoms with E-state index in [2.05, 4.69) is 0 Å². The number of rotatable bonds is 5. The lowest BCUT2D eigenvalue weighted by Gasteiger charge is -2.31. The molecule has 94 valence electrons. The molecule has 0 aliphatic carbocycles. The summed E-state index contributed by atoms with van der Waals surface area (Å²) >= 11 is 0. The molecule has 0 spiro atoms. The molecule has 1 aliphatic rings. The van der Waals surface area contributed by atoms with Gasteiger partial charge in [-0.25, -0.2) is 0 Å². The van der Waals surface area contributed by atoms with Gasteiger partial charge in [-0.3, -0.25) is 4.79 Å². The summed E-state index contributed by atoms with van der Waals surface area (Å²) in [5.74, 6) is -0.456. The zero-order chi connectivity index (χ0) is 12.2. The second-order valence-corrected chi connectivity index (χ2v) is 5.00. The number of nitrogens with two attached hydrogens (primary N) is 1. The zero-order valence-electron chi connectivity index (χ0n) is 10.1. The van der Waals surface area contributed by atoms with Crippen LogP contribution in [0.1, 0.15) is 19.8 Å². The molecule has 1 rings (SSSR count). The fraction of sp³-hybridized carbons (Fsp3) is 0.909. The normalized spacial score (nSPS) is 25.4. The molecule has 1 aliphatic heterocycles. The molecule has 5 heteroatoms. The van der Waals surface area contributed by atoms with Crippen molar-refractivity contribution in [1.29, 1.82) is 0 Å². The third kappa shape index (κ3) is 4.08. The van der Waals surface area contributed by atoms with Crippen molar-refractivity contribution >= 4 is 5.97 Å². The lowest BCUT2D eigenvalue weighted by molar-refractivity contribution is -0.143. The Balaban J connectivity index is 2.34. The molecule has 0 aromatic rings. The standard InChI is InChI=1S/C11H22N2O3/c1-11(12,10(14)15)8-13(2)6-9-4-3-5-16-7-9/h9H,3-8,12H2,1-2H3,(H,14,15). The quantitative estimate of drug-likeness (QED) is 0.703. The maximum atomic E-state index is 10.9. The summed E-state index contributed by atoms with van der Waals surface area (Å²) < 4.78 is 5.39. The lowest BCUT2D eigenvalue weighted by Crippen LogP contribution is -2.53. The van der Waals surface area contributed by atoms with Crippen molar-refractivity contribution in [2.75, 3.05) is 33.4 Å². The Morgan fingerprint density at radius 3 is 2.88 bits per heavy atom. The van der Waals surface area contributed by atoms with Crippen molar-refractivity contribution in [3.63, 3.8) is 0 Å². The van der Waals surface area contributed by atoms with Crippen LogP contribution in [0.2, 0.25) is 0 Å². The van der Waals surface area contributed by atoms with Gasteiger partial charge < -0.3 is 20.5 Å². The summed E-state index contributed by atoms with van der Waals surface area (Å²) in [4.78, 5) is 12.9. The summed E-state index contributed by atoms with van der Waals surface area (Å²) in [6, 6.07) is 0. The summed E-state index contributed by atoms with van der Waals surface area (Å²) in [5.41, 5.74) is 4.52. The van der Waals surface area contributed by atoms with Crippen LogP contribution in [0.25, 0.3) is 0 Å². The maximum Gasteiger partial charge on any atom is 0.324 e. The summed E-state index contributed by atoms with van der Waals surface area (Å²) in [7, 11) is 1.91. The highest BCUT2D eigenvalue weighted by atomic mass is 16.5. The van der Waals surface area contributed by atoms with Crippen LogP contribution in [-0.2, 0) is 9.53 Å². The largest absolute Gasteiger partial charge is 0.480 e. The van der Waals surface area contributed by atoms with Crippen LogP contribution in [0.5, 0.6) is 0 Å². The van der Waals surface area contributed by atoms with E-state index in [-0.39, 0.29) is 0 Å². The first-order valence-corrected chi connectivity index (χ1v) is 5.70. The molecule has 0 bridgehead atoms. The van der Waals surface area contributed by atoms with Gasteiger partial charge in [-0.05, 0) is 32.7 Å². The van der Waals surface area contributed by atoms with E-state index in [9.17, 15) is 4.79 Å². The van der Waals surface area contributed by atoms with E-state index in [0.29, 0.717) is 12.5 Å². The maximum absolute atomic E-state index is 10.9. The number of carboxylic acids is 1. The highest BCUT2D eigenvalue weighted by molar-refractivity contribution is 5.78. The highest BCUT2D eigenvalue weighted by Gasteiger charge is 2.30. The molecular weight excluding hydrogens is 208 g/mol. The Bertz CT molecular complexity index is 237. The van der Waals surface area contributed by atoms with Crippen molar-refractivity contribution in [3.05, 3.63) is 0 Å². The summed E-state index contributed by atoms with van der Waals surface area (Å²) in [5, 5.41) is 8.92. The molecule has 1 heterocycles. The number of aliphatic carboxylic acids is 1. The molecule has 5 nitrogen and oxygen atoms in total. The Morgan fingerprint density at radius 1 is 1.69 bits per heavy atom. The van der Waals surface area contributed by atoms with E-state index < -0.39 is 11.5 Å². The van der Waals surface area contributed by atoms with Crippen LogP contribution in [0.3, 0.4) is 0 Å². The van der Waals surface area contributed by atoms with Gasteiger partial charge in [0.1, 0.15) is 5.54 Å². The van der Waals surface area contributed by atoms with Crippen molar-refractivity contribution in [2.45, 2.75) is 25.3 Å². The van der Waals surface area contributed by atoms with Crippen molar-refractivity contribution in [3.8, 4) is 0 Å². The SMILES string of the molecule is CN(CC1CCCOC1)CC(C)(N)C(=O)O. The zero-order valence-corrected chi connectivity index (χ0v) is 10.1. The molecule has 1 fully saturated rings. The summed E-state index contributed by atoms with van der Waals surface area (Å²) in [6.45, 7) is 4.38. The first kappa shape index (κ1) is 13.4. The van der Waals surface area contributed by atoms with Gasteiger partial charge in [0.15, 0.2) is 0 Å². The Morgan fingerprint density at radius 2 is 2.38 bits per heavy atom. The van der Waals surface area contributed by atoms with Gasteiger partial charge in [0.2, 0.25) is 0 Å². The number of likely N-dealkylation sites (N-methyl/N-ethyl adjacent to an activating group) is 1. The predicted octanol–water partition coefficient (Wildman–Crippen LogP) is 0.147.